The van der Waals surface area contributed by atoms with Gasteiger partial charge in [0, 0.05) is 55.8 Å². The zero-order valence-electron chi connectivity index (χ0n) is 20.9. The second-order valence-corrected chi connectivity index (χ2v) is 12.0. The highest BCUT2D eigenvalue weighted by Gasteiger charge is 2.44. The number of nitrogens with two attached hydrogens (primary N) is 1. The van der Waals surface area contributed by atoms with Gasteiger partial charge < -0.3 is 10.6 Å². The number of sulfonamides is 1. The van der Waals surface area contributed by atoms with E-state index in [0.29, 0.717) is 10.4 Å². The van der Waals surface area contributed by atoms with Crippen LogP contribution in [0.3, 0.4) is 0 Å². The average molecular weight is 557 g/mol. The van der Waals surface area contributed by atoms with Gasteiger partial charge >= 0.3 is 0 Å². The minimum absolute atomic E-state index is 0.00523. The van der Waals surface area contributed by atoms with Crippen molar-refractivity contribution in [2.24, 2.45) is 5.73 Å². The number of aromatic nitrogens is 1. The van der Waals surface area contributed by atoms with E-state index < -0.39 is 27.9 Å². The summed E-state index contributed by atoms with van der Waals surface area (Å²) in [7, 11) is -2.30. The minimum atomic E-state index is -4.06. The number of pyridine rings is 1. The summed E-state index contributed by atoms with van der Waals surface area (Å²) in [6.07, 6.45) is 5.03. The summed E-state index contributed by atoms with van der Waals surface area (Å²) in [5.74, 6) is -1.25. The second-order valence-electron chi connectivity index (χ2n) is 9.60. The van der Waals surface area contributed by atoms with Gasteiger partial charge in [-0.1, -0.05) is 23.7 Å². The Kier molecular flexibility index (Phi) is 7.28. The first-order valence-corrected chi connectivity index (χ1v) is 14.2. The van der Waals surface area contributed by atoms with Crippen LogP contribution in [0.1, 0.15) is 12.8 Å². The minimum Gasteiger partial charge on any atom is -0.371 e. The molecule has 0 bridgehead atoms. The molecule has 1 unspecified atom stereocenters. The fraction of sp³-hybridized carbons (Fsp3) is 0.346. The van der Waals surface area contributed by atoms with Crippen molar-refractivity contribution in [2.45, 2.75) is 29.8 Å². The molecule has 38 heavy (non-hydrogen) atoms. The summed E-state index contributed by atoms with van der Waals surface area (Å²) in [6.45, 7) is 0.944. The molecule has 1 atom stereocenters. The van der Waals surface area contributed by atoms with Gasteiger partial charge in [-0.3, -0.25) is 19.6 Å². The Morgan fingerprint density at radius 2 is 1.71 bits per heavy atom. The molecule has 0 saturated carbocycles. The predicted octanol–water partition coefficient (Wildman–Crippen LogP) is 2.09. The molecule has 2 N–H and O–H groups in total. The molecule has 200 valence electrons. The van der Waals surface area contributed by atoms with Crippen LogP contribution in [0.2, 0.25) is 5.02 Å². The van der Waals surface area contributed by atoms with Crippen LogP contribution < -0.4 is 10.6 Å². The SMILES string of the molecule is CN(C1CCN(c2ccncc2)CC1)N1C(=O)CN(S(=O)(=O)c2ccc3cc(Cl)ccc3c2)CC1C(N)=O. The Labute approximate surface area is 226 Å². The number of fused-ring (bicyclic) bond motifs is 1. The molecule has 3 aromatic rings. The number of primary amides is 1. The number of benzene rings is 2. The van der Waals surface area contributed by atoms with Crippen LogP contribution in [-0.4, -0.2) is 84.8 Å². The highest BCUT2D eigenvalue weighted by atomic mass is 35.5. The van der Waals surface area contributed by atoms with Crippen LogP contribution in [0.5, 0.6) is 0 Å². The van der Waals surface area contributed by atoms with E-state index in [4.69, 9.17) is 17.3 Å². The molecule has 2 aliphatic rings. The Balaban J connectivity index is 1.33. The standard InChI is InChI=1S/C26H29ClN6O4S/c1-30(21-8-12-31(13-9-21)22-6-10-29-11-7-22)33-24(26(28)35)16-32(17-25(33)34)38(36,37)23-5-3-18-14-20(27)4-2-19(18)15-23/h2-7,10-11,14-15,21,24H,8-9,12-13,16-17H2,1H3,(H2,28,35). The lowest BCUT2D eigenvalue weighted by atomic mass is 10.0. The predicted molar refractivity (Wildman–Crippen MR) is 145 cm³/mol. The molecule has 0 aliphatic carbocycles. The van der Waals surface area contributed by atoms with Gasteiger partial charge in [-0.15, -0.1) is 0 Å². The summed E-state index contributed by atoms with van der Waals surface area (Å²) in [5, 5.41) is 5.16. The van der Waals surface area contributed by atoms with E-state index in [1.807, 2.05) is 12.1 Å². The van der Waals surface area contributed by atoms with E-state index in [2.05, 4.69) is 9.88 Å². The van der Waals surface area contributed by atoms with Crippen molar-refractivity contribution in [3.8, 4) is 0 Å². The van der Waals surface area contributed by atoms with Gasteiger partial charge in [0.05, 0.1) is 11.4 Å². The largest absolute Gasteiger partial charge is 0.371 e. The molecule has 3 heterocycles. The number of carbonyl (C=O) groups is 2. The van der Waals surface area contributed by atoms with Gasteiger partial charge in [0.2, 0.25) is 15.9 Å². The van der Waals surface area contributed by atoms with Crippen molar-refractivity contribution in [3.63, 3.8) is 0 Å². The number of hydrazine groups is 1. The molecule has 2 saturated heterocycles. The second kappa shape index (κ2) is 10.5. The molecule has 0 spiro atoms. The summed E-state index contributed by atoms with van der Waals surface area (Å²) >= 11 is 6.04. The van der Waals surface area contributed by atoms with E-state index in [1.165, 1.54) is 11.1 Å². The zero-order chi connectivity index (χ0) is 27.0. The lowest BCUT2D eigenvalue weighted by Crippen LogP contribution is -2.67. The van der Waals surface area contributed by atoms with Crippen LogP contribution in [-0.2, 0) is 19.6 Å². The van der Waals surface area contributed by atoms with Crippen molar-refractivity contribution in [2.75, 3.05) is 38.1 Å². The maximum absolute atomic E-state index is 13.5. The van der Waals surface area contributed by atoms with E-state index in [-0.39, 0.29) is 24.0 Å². The molecular weight excluding hydrogens is 528 g/mol. The number of halogens is 1. The van der Waals surface area contributed by atoms with Crippen molar-refractivity contribution in [1.82, 2.24) is 19.3 Å². The number of hydrogen-bond donors (Lipinski definition) is 1. The topological polar surface area (TPSA) is 120 Å². The number of hydrogen-bond acceptors (Lipinski definition) is 7. The average Bonchev–Trinajstić information content (AvgIpc) is 2.92. The number of anilines is 1. The third-order valence-electron chi connectivity index (χ3n) is 7.34. The van der Waals surface area contributed by atoms with Gasteiger partial charge in [-0.05, 0) is 60.0 Å². The first-order valence-electron chi connectivity index (χ1n) is 12.3. The third-order valence-corrected chi connectivity index (χ3v) is 9.38. The molecule has 0 radical (unpaired) electrons. The van der Waals surface area contributed by atoms with Gasteiger partial charge in [-0.25, -0.2) is 13.4 Å². The lowest BCUT2D eigenvalue weighted by Gasteiger charge is -2.47. The number of piperazine rings is 1. The highest BCUT2D eigenvalue weighted by molar-refractivity contribution is 7.89. The Bertz CT molecular complexity index is 1460. The maximum Gasteiger partial charge on any atom is 0.252 e. The number of amides is 2. The fourth-order valence-electron chi connectivity index (χ4n) is 5.25. The van der Waals surface area contributed by atoms with E-state index in [9.17, 15) is 18.0 Å². The molecule has 5 rings (SSSR count). The summed E-state index contributed by atoms with van der Waals surface area (Å²) in [5.41, 5.74) is 6.80. The first-order chi connectivity index (χ1) is 18.1. The maximum atomic E-state index is 13.5. The Hall–Kier alpha value is -3.25. The van der Waals surface area contributed by atoms with Crippen LogP contribution >= 0.6 is 11.6 Å². The molecule has 12 heteroatoms. The zero-order valence-corrected chi connectivity index (χ0v) is 22.5. The lowest BCUT2D eigenvalue weighted by molar-refractivity contribution is -0.169. The van der Waals surface area contributed by atoms with Gasteiger partial charge in [-0.2, -0.15) is 4.31 Å². The quantitative estimate of drug-likeness (QED) is 0.493. The molecule has 2 aromatic carbocycles. The molecule has 10 nitrogen and oxygen atoms in total. The Morgan fingerprint density at radius 3 is 2.39 bits per heavy atom. The van der Waals surface area contributed by atoms with E-state index in [0.717, 1.165) is 41.3 Å². The monoisotopic (exact) mass is 556 g/mol. The molecule has 1 aromatic heterocycles. The van der Waals surface area contributed by atoms with Crippen LogP contribution in [0.15, 0.2) is 65.8 Å². The smallest absolute Gasteiger partial charge is 0.252 e. The molecule has 2 aliphatic heterocycles. The number of carbonyl (C=O) groups excluding carboxylic acids is 2. The van der Waals surface area contributed by atoms with Crippen molar-refractivity contribution in [3.05, 3.63) is 65.9 Å². The molecular formula is C26H29ClN6O4S. The summed E-state index contributed by atoms with van der Waals surface area (Å²) < 4.78 is 28.1. The third kappa shape index (κ3) is 5.06. The van der Waals surface area contributed by atoms with Gasteiger partial charge in [0.25, 0.3) is 5.91 Å². The normalized spacial score (nSPS) is 19.9. The van der Waals surface area contributed by atoms with Crippen molar-refractivity contribution < 1.29 is 18.0 Å². The fourth-order valence-corrected chi connectivity index (χ4v) is 6.87. The molecule has 2 fully saturated rings. The van der Waals surface area contributed by atoms with E-state index >= 15 is 0 Å². The Morgan fingerprint density at radius 1 is 1.05 bits per heavy atom. The van der Waals surface area contributed by atoms with Gasteiger partial charge in [0.15, 0.2) is 0 Å². The summed E-state index contributed by atoms with van der Waals surface area (Å²) in [4.78, 5) is 32.2. The number of rotatable bonds is 6. The van der Waals surface area contributed by atoms with Crippen LogP contribution in [0.25, 0.3) is 10.8 Å². The summed E-state index contributed by atoms with van der Waals surface area (Å²) in [6, 6.07) is 12.7. The van der Waals surface area contributed by atoms with Crippen LogP contribution in [0, 0.1) is 0 Å². The number of piperidine rings is 1. The molecule has 2 amide bonds. The first kappa shape index (κ1) is 26.4. The van der Waals surface area contributed by atoms with Gasteiger partial charge in [0.1, 0.15) is 6.04 Å². The van der Waals surface area contributed by atoms with Crippen molar-refractivity contribution in [1.29, 1.82) is 0 Å². The van der Waals surface area contributed by atoms with Crippen molar-refractivity contribution >= 4 is 49.9 Å². The van der Waals surface area contributed by atoms with Crippen LogP contribution in [0.4, 0.5) is 5.69 Å². The highest BCUT2D eigenvalue weighted by Crippen LogP contribution is 2.28. The van der Waals surface area contributed by atoms with E-state index in [1.54, 1.807) is 54.8 Å². The number of nitrogens with zero attached hydrogens (tertiary/aromatic N) is 5.